The van der Waals surface area contributed by atoms with Crippen molar-refractivity contribution in [3.63, 3.8) is 0 Å². The molecule has 0 spiro atoms. The first kappa shape index (κ1) is 22.0. The summed E-state index contributed by atoms with van der Waals surface area (Å²) in [6, 6.07) is 5.37. The molecular weight excluding hydrogens is 442 g/mol. The molecule has 4 rings (SSSR count). The molecule has 1 amide bonds. The van der Waals surface area contributed by atoms with E-state index in [1.165, 1.54) is 23.9 Å². The predicted molar refractivity (Wildman–Crippen MR) is 122 cm³/mol. The van der Waals surface area contributed by atoms with Crippen LogP contribution in [0.5, 0.6) is 0 Å². The maximum atomic E-state index is 14.7. The van der Waals surface area contributed by atoms with E-state index in [0.717, 1.165) is 31.5 Å². The number of aliphatic imine (C=N–C) groups is 1. The Hall–Kier alpha value is -2.16. The SMILES string of the molecule is CC1CN(C)CCN1C1=NCCSc2c(NC=O)c1cc(Cl)c2-c1ccc(F)cc1F. The van der Waals surface area contributed by atoms with Crippen LogP contribution in [0, 0.1) is 11.6 Å². The van der Waals surface area contributed by atoms with Gasteiger partial charge >= 0.3 is 0 Å². The lowest BCUT2D eigenvalue weighted by atomic mass is 9.99. The van der Waals surface area contributed by atoms with Crippen LogP contribution in [0.4, 0.5) is 14.5 Å². The third-order valence-corrected chi connectivity index (χ3v) is 6.96. The molecule has 1 fully saturated rings. The maximum absolute atomic E-state index is 14.7. The molecule has 2 heterocycles. The van der Waals surface area contributed by atoms with Crippen LogP contribution in [-0.2, 0) is 4.79 Å². The van der Waals surface area contributed by atoms with Gasteiger partial charge < -0.3 is 15.1 Å². The monoisotopic (exact) mass is 464 g/mol. The molecule has 2 bridgehead atoms. The second kappa shape index (κ2) is 9.14. The van der Waals surface area contributed by atoms with Gasteiger partial charge in [0.25, 0.3) is 0 Å². The van der Waals surface area contributed by atoms with E-state index in [-0.39, 0.29) is 11.6 Å². The molecule has 0 aromatic heterocycles. The summed E-state index contributed by atoms with van der Waals surface area (Å²) in [5, 5.41) is 3.13. The number of carbonyl (C=O) groups excluding carboxylic acids is 1. The molecule has 1 atom stereocenters. The molecule has 5 nitrogen and oxygen atoms in total. The van der Waals surface area contributed by atoms with Gasteiger partial charge in [-0.05, 0) is 32.2 Å². The maximum Gasteiger partial charge on any atom is 0.211 e. The number of amides is 1. The lowest BCUT2D eigenvalue weighted by Crippen LogP contribution is -2.53. The number of benzene rings is 2. The van der Waals surface area contributed by atoms with Crippen LogP contribution in [0.25, 0.3) is 11.1 Å². The fourth-order valence-electron chi connectivity index (χ4n) is 4.18. The molecule has 2 aromatic carbocycles. The molecular formula is C22H23ClF2N4OS. The average Bonchev–Trinajstić information content (AvgIpc) is 2.71. The van der Waals surface area contributed by atoms with Crippen molar-refractivity contribution >= 4 is 41.3 Å². The van der Waals surface area contributed by atoms with Crippen LogP contribution in [0.1, 0.15) is 12.5 Å². The van der Waals surface area contributed by atoms with Crippen LogP contribution < -0.4 is 5.32 Å². The highest BCUT2D eigenvalue weighted by Crippen LogP contribution is 2.46. The number of hydrogen-bond acceptors (Lipinski definition) is 5. The van der Waals surface area contributed by atoms with Crippen molar-refractivity contribution < 1.29 is 13.6 Å². The summed E-state index contributed by atoms with van der Waals surface area (Å²) in [7, 11) is 2.09. The normalized spacial score (nSPS) is 19.5. The number of anilines is 1. The summed E-state index contributed by atoms with van der Waals surface area (Å²) < 4.78 is 28.2. The largest absolute Gasteiger partial charge is 0.351 e. The summed E-state index contributed by atoms with van der Waals surface area (Å²) in [5.41, 5.74) is 1.90. The van der Waals surface area contributed by atoms with Gasteiger partial charge in [0.1, 0.15) is 17.5 Å². The van der Waals surface area contributed by atoms with E-state index in [0.29, 0.717) is 45.4 Å². The number of hydrogen-bond donors (Lipinski definition) is 1. The first-order valence-corrected chi connectivity index (χ1v) is 11.4. The van der Waals surface area contributed by atoms with Crippen LogP contribution in [0.2, 0.25) is 5.02 Å². The van der Waals surface area contributed by atoms with E-state index < -0.39 is 11.6 Å². The number of rotatable bonds is 3. The van der Waals surface area contributed by atoms with E-state index in [1.54, 1.807) is 6.07 Å². The number of halogens is 3. The van der Waals surface area contributed by atoms with Gasteiger partial charge in [-0.3, -0.25) is 9.79 Å². The molecule has 2 aliphatic rings. The molecule has 2 aromatic rings. The standard InChI is InChI=1S/C22H23ClF2N4OS/c1-13-11-28(2)6-7-29(13)22-16-10-17(23)19(15-4-3-14(24)9-18(15)25)21(20(16)27-12-30)31-8-5-26-22/h3-4,9-10,12-13H,5-8,11H2,1-2H3,(H,27,30). The molecule has 0 saturated carbocycles. The zero-order valence-electron chi connectivity index (χ0n) is 17.3. The summed E-state index contributed by atoms with van der Waals surface area (Å²) >= 11 is 8.13. The highest BCUT2D eigenvalue weighted by Gasteiger charge is 2.30. The highest BCUT2D eigenvalue weighted by molar-refractivity contribution is 7.99. The van der Waals surface area contributed by atoms with Gasteiger partial charge in [-0.25, -0.2) is 8.78 Å². The molecule has 31 heavy (non-hydrogen) atoms. The third kappa shape index (κ3) is 4.29. The van der Waals surface area contributed by atoms with Crippen molar-refractivity contribution in [2.45, 2.75) is 17.9 Å². The fraction of sp³-hybridized carbons (Fsp3) is 0.364. The zero-order chi connectivity index (χ0) is 22.1. The van der Waals surface area contributed by atoms with Gasteiger partial charge in [0, 0.05) is 59.1 Å². The van der Waals surface area contributed by atoms with E-state index in [9.17, 15) is 13.6 Å². The summed E-state index contributed by atoms with van der Waals surface area (Å²) in [6.45, 7) is 5.30. The quantitative estimate of drug-likeness (QED) is 0.686. The number of carbonyl (C=O) groups is 1. The highest BCUT2D eigenvalue weighted by atomic mass is 35.5. The Morgan fingerprint density at radius 3 is 2.77 bits per heavy atom. The van der Waals surface area contributed by atoms with Crippen LogP contribution in [0.3, 0.4) is 0 Å². The molecule has 164 valence electrons. The van der Waals surface area contributed by atoms with Crippen molar-refractivity contribution in [3.8, 4) is 11.1 Å². The van der Waals surface area contributed by atoms with E-state index in [4.69, 9.17) is 16.6 Å². The lowest BCUT2D eigenvalue weighted by Gasteiger charge is -2.41. The Morgan fingerprint density at radius 2 is 2.06 bits per heavy atom. The minimum atomic E-state index is -0.702. The van der Waals surface area contributed by atoms with Crippen molar-refractivity contribution in [1.82, 2.24) is 9.80 Å². The van der Waals surface area contributed by atoms with Gasteiger partial charge in [0.05, 0.1) is 17.3 Å². The second-order valence-electron chi connectivity index (χ2n) is 7.73. The topological polar surface area (TPSA) is 47.9 Å². The summed E-state index contributed by atoms with van der Waals surface area (Å²) in [4.78, 5) is 21.5. The lowest BCUT2D eigenvalue weighted by molar-refractivity contribution is -0.105. The van der Waals surface area contributed by atoms with Gasteiger partial charge in [0.15, 0.2) is 0 Å². The molecule has 1 N–H and O–H groups in total. The first-order valence-electron chi connectivity index (χ1n) is 10.1. The zero-order valence-corrected chi connectivity index (χ0v) is 18.9. The predicted octanol–water partition coefficient (Wildman–Crippen LogP) is 4.34. The Morgan fingerprint density at radius 1 is 1.26 bits per heavy atom. The molecule has 0 aliphatic carbocycles. The number of piperazine rings is 1. The molecule has 2 aliphatic heterocycles. The Bertz CT molecular complexity index is 1050. The van der Waals surface area contributed by atoms with Crippen molar-refractivity contribution in [2.75, 3.05) is 44.3 Å². The van der Waals surface area contributed by atoms with Gasteiger partial charge in [0.2, 0.25) is 6.41 Å². The average molecular weight is 465 g/mol. The van der Waals surface area contributed by atoms with E-state index >= 15 is 0 Å². The summed E-state index contributed by atoms with van der Waals surface area (Å²) in [5.74, 6) is 0.0510. The Kier molecular flexibility index (Phi) is 6.50. The number of thioether (sulfide) groups is 1. The summed E-state index contributed by atoms with van der Waals surface area (Å²) in [6.07, 6.45) is 0.605. The van der Waals surface area contributed by atoms with Crippen molar-refractivity contribution in [3.05, 3.63) is 46.5 Å². The van der Waals surface area contributed by atoms with Crippen LogP contribution in [-0.4, -0.2) is 67.1 Å². The minimum absolute atomic E-state index is 0.196. The van der Waals surface area contributed by atoms with Gasteiger partial charge in [-0.1, -0.05) is 11.6 Å². The molecule has 0 radical (unpaired) electrons. The van der Waals surface area contributed by atoms with Crippen LogP contribution >= 0.6 is 23.4 Å². The number of likely N-dealkylation sites (N-methyl/N-ethyl adjacent to an activating group) is 1. The minimum Gasteiger partial charge on any atom is -0.351 e. The van der Waals surface area contributed by atoms with Gasteiger partial charge in [-0.2, -0.15) is 0 Å². The Balaban J connectivity index is 1.91. The smallest absolute Gasteiger partial charge is 0.211 e. The van der Waals surface area contributed by atoms with E-state index in [1.807, 2.05) is 0 Å². The third-order valence-electron chi connectivity index (χ3n) is 5.58. The first-order chi connectivity index (χ1) is 14.9. The number of nitrogens with one attached hydrogen (secondary N) is 1. The molecule has 1 unspecified atom stereocenters. The van der Waals surface area contributed by atoms with E-state index in [2.05, 4.69) is 29.1 Å². The number of fused-ring (bicyclic) bond motifs is 2. The second-order valence-corrected chi connectivity index (χ2v) is 9.24. The molecule has 9 heteroatoms. The Labute approximate surface area is 189 Å². The molecule has 1 saturated heterocycles. The van der Waals surface area contributed by atoms with Crippen molar-refractivity contribution in [1.29, 1.82) is 0 Å². The van der Waals surface area contributed by atoms with Crippen molar-refractivity contribution in [2.24, 2.45) is 4.99 Å². The fourth-order valence-corrected chi connectivity index (χ4v) is 5.60. The number of amidine groups is 1. The van der Waals surface area contributed by atoms with Gasteiger partial charge in [-0.15, -0.1) is 11.8 Å². The van der Waals surface area contributed by atoms with Crippen LogP contribution in [0.15, 0.2) is 34.2 Å². The number of nitrogens with zero attached hydrogens (tertiary/aromatic N) is 3.